The van der Waals surface area contributed by atoms with E-state index in [1.165, 1.54) is 26.2 Å². The van der Waals surface area contributed by atoms with E-state index >= 15 is 0 Å². The number of benzene rings is 1. The van der Waals surface area contributed by atoms with Crippen molar-refractivity contribution in [2.45, 2.75) is 39.7 Å². The second-order valence-electron chi connectivity index (χ2n) is 7.48. The van der Waals surface area contributed by atoms with Crippen molar-refractivity contribution in [3.63, 3.8) is 0 Å². The number of non-ortho nitro benzene ring substituents is 1. The monoisotopic (exact) mass is 376 g/mol. The van der Waals surface area contributed by atoms with E-state index in [0.29, 0.717) is 12.0 Å². The molecule has 0 spiro atoms. The van der Waals surface area contributed by atoms with Crippen LogP contribution >= 0.6 is 0 Å². The fraction of sp³-hybridized carbons (Fsp3) is 0.526. The molecular weight excluding hydrogens is 352 g/mol. The molecule has 0 aliphatic heterocycles. The molecule has 1 aliphatic carbocycles. The number of ketones is 1. The van der Waals surface area contributed by atoms with Crippen molar-refractivity contribution < 1.29 is 24.0 Å². The molecule has 1 aromatic rings. The van der Waals surface area contributed by atoms with Gasteiger partial charge in [-0.15, -0.1) is 0 Å². The molecule has 0 heterocycles. The van der Waals surface area contributed by atoms with Crippen LogP contribution in [0.25, 0.3) is 0 Å². The Morgan fingerprint density at radius 1 is 1.26 bits per heavy atom. The molecule has 0 bridgehead atoms. The maximum Gasteiger partial charge on any atom is 0.328 e. The highest BCUT2D eigenvalue weighted by molar-refractivity contribution is 5.90. The topological polar surface area (TPSA) is 116 Å². The van der Waals surface area contributed by atoms with Crippen LogP contribution in [0.4, 0.5) is 5.69 Å². The Morgan fingerprint density at radius 3 is 2.30 bits per heavy atom. The molecule has 1 amide bonds. The fourth-order valence-electron chi connectivity index (χ4n) is 3.66. The Kier molecular flexibility index (Phi) is 5.98. The van der Waals surface area contributed by atoms with E-state index in [1.807, 2.05) is 13.8 Å². The number of hydrogen-bond donors (Lipinski definition) is 1. The molecule has 2 rings (SSSR count). The third kappa shape index (κ3) is 4.32. The van der Waals surface area contributed by atoms with Gasteiger partial charge in [-0.3, -0.25) is 19.7 Å². The number of amides is 1. The summed E-state index contributed by atoms with van der Waals surface area (Å²) in [6.07, 6.45) is 0.610. The Hall–Kier alpha value is -2.77. The average Bonchev–Trinajstić information content (AvgIpc) is 2.59. The van der Waals surface area contributed by atoms with Crippen LogP contribution in [0.5, 0.6) is 0 Å². The summed E-state index contributed by atoms with van der Waals surface area (Å²) in [5.74, 6) is -1.37. The van der Waals surface area contributed by atoms with Crippen LogP contribution in [0.1, 0.15) is 32.8 Å². The molecule has 0 aromatic heterocycles. The lowest BCUT2D eigenvalue weighted by atomic mass is 9.53. The van der Waals surface area contributed by atoms with Gasteiger partial charge in [0.05, 0.1) is 12.0 Å². The fourth-order valence-corrected chi connectivity index (χ4v) is 3.66. The first-order chi connectivity index (χ1) is 12.6. The Balaban J connectivity index is 2.09. The van der Waals surface area contributed by atoms with E-state index in [2.05, 4.69) is 5.32 Å². The molecule has 146 valence electrons. The van der Waals surface area contributed by atoms with Crippen LogP contribution < -0.4 is 5.32 Å². The zero-order valence-electron chi connectivity index (χ0n) is 15.9. The standard InChI is InChI=1S/C19H24N2O6/c1-11(22)14-10-15(19(14,2)3)17(23)20-16(18(24)27-4)9-12-5-7-13(8-6-12)21(25)26/h5-8,14-16H,9-10H2,1-4H3,(H,20,23)/t14-,15+,16-/m0/s1. The van der Waals surface area contributed by atoms with Gasteiger partial charge >= 0.3 is 5.97 Å². The van der Waals surface area contributed by atoms with Gasteiger partial charge in [0, 0.05) is 30.4 Å². The molecule has 8 heteroatoms. The summed E-state index contributed by atoms with van der Waals surface area (Å²) >= 11 is 0. The van der Waals surface area contributed by atoms with Crippen molar-refractivity contribution in [3.05, 3.63) is 39.9 Å². The number of ether oxygens (including phenoxy) is 1. The number of nitro benzene ring substituents is 1. The number of nitro groups is 1. The van der Waals surface area contributed by atoms with Gasteiger partial charge in [0.25, 0.3) is 5.69 Å². The second-order valence-corrected chi connectivity index (χ2v) is 7.48. The van der Waals surface area contributed by atoms with Crippen LogP contribution in [0.3, 0.4) is 0 Å². The zero-order chi connectivity index (χ0) is 20.4. The van der Waals surface area contributed by atoms with Crippen molar-refractivity contribution >= 4 is 23.3 Å². The minimum absolute atomic E-state index is 0.0519. The number of rotatable bonds is 7. The molecule has 0 unspecified atom stereocenters. The first kappa shape index (κ1) is 20.5. The van der Waals surface area contributed by atoms with Crippen LogP contribution in [0, 0.1) is 27.4 Å². The minimum atomic E-state index is -0.906. The number of carbonyl (C=O) groups excluding carboxylic acids is 3. The van der Waals surface area contributed by atoms with Gasteiger partial charge in [0.15, 0.2) is 0 Å². The molecule has 1 aromatic carbocycles. The smallest absolute Gasteiger partial charge is 0.328 e. The summed E-state index contributed by atoms with van der Waals surface area (Å²) in [4.78, 5) is 46.6. The normalized spacial score (nSPS) is 21.5. The Morgan fingerprint density at radius 2 is 1.85 bits per heavy atom. The number of hydrogen-bond acceptors (Lipinski definition) is 6. The van der Waals surface area contributed by atoms with Gasteiger partial charge in [-0.25, -0.2) is 4.79 Å². The molecule has 8 nitrogen and oxygen atoms in total. The van der Waals surface area contributed by atoms with Crippen molar-refractivity contribution in [1.29, 1.82) is 0 Å². The number of Topliss-reactive ketones (excluding diaryl/α,β-unsaturated/α-hetero) is 1. The molecule has 0 radical (unpaired) electrons. The third-order valence-corrected chi connectivity index (χ3v) is 5.46. The van der Waals surface area contributed by atoms with Crippen molar-refractivity contribution in [2.24, 2.45) is 17.3 Å². The van der Waals surface area contributed by atoms with Crippen molar-refractivity contribution in [1.82, 2.24) is 5.32 Å². The molecule has 0 saturated heterocycles. The number of esters is 1. The van der Waals surface area contributed by atoms with Crippen LogP contribution in [-0.2, 0) is 25.5 Å². The first-order valence-electron chi connectivity index (χ1n) is 8.70. The molecule has 3 atom stereocenters. The maximum absolute atomic E-state index is 12.7. The molecule has 1 fully saturated rings. The predicted molar refractivity (Wildman–Crippen MR) is 96.8 cm³/mol. The predicted octanol–water partition coefficient (Wildman–Crippen LogP) is 2.05. The van der Waals surface area contributed by atoms with Gasteiger partial charge in [0.1, 0.15) is 11.8 Å². The van der Waals surface area contributed by atoms with Gasteiger partial charge in [-0.05, 0) is 24.3 Å². The zero-order valence-corrected chi connectivity index (χ0v) is 15.9. The number of methoxy groups -OCH3 is 1. The van der Waals surface area contributed by atoms with E-state index in [1.54, 1.807) is 12.1 Å². The summed E-state index contributed by atoms with van der Waals surface area (Å²) < 4.78 is 4.77. The van der Waals surface area contributed by atoms with Gasteiger partial charge < -0.3 is 10.1 Å². The SMILES string of the molecule is COC(=O)[C@H](Cc1ccc([N+](=O)[O-])cc1)NC(=O)[C@H]1C[C@@H](C(C)=O)C1(C)C. The van der Waals surface area contributed by atoms with Crippen LogP contribution in [0.2, 0.25) is 0 Å². The van der Waals surface area contributed by atoms with Gasteiger partial charge in [0.2, 0.25) is 5.91 Å². The quantitative estimate of drug-likeness (QED) is 0.442. The molecular formula is C19H24N2O6. The Bertz CT molecular complexity index is 756. The van der Waals surface area contributed by atoms with Gasteiger partial charge in [-0.1, -0.05) is 26.0 Å². The highest BCUT2D eigenvalue weighted by atomic mass is 16.6. The third-order valence-electron chi connectivity index (χ3n) is 5.46. The van der Waals surface area contributed by atoms with Crippen LogP contribution in [0.15, 0.2) is 24.3 Å². The lowest BCUT2D eigenvalue weighted by Gasteiger charge is -2.50. The summed E-state index contributed by atoms with van der Waals surface area (Å²) in [5.41, 5.74) is 0.138. The first-order valence-corrected chi connectivity index (χ1v) is 8.70. The van der Waals surface area contributed by atoms with Crippen molar-refractivity contribution in [3.8, 4) is 0 Å². The molecule has 1 saturated carbocycles. The van der Waals surface area contributed by atoms with E-state index in [0.717, 1.165) is 0 Å². The van der Waals surface area contributed by atoms with E-state index < -0.39 is 22.3 Å². The number of nitrogens with zero attached hydrogens (tertiary/aromatic N) is 1. The summed E-state index contributed by atoms with van der Waals surface area (Å²) in [6, 6.07) is 4.87. The van der Waals surface area contributed by atoms with Crippen LogP contribution in [-0.4, -0.2) is 35.7 Å². The summed E-state index contributed by atoms with van der Waals surface area (Å²) in [5, 5.41) is 13.4. The number of carbonyl (C=O) groups is 3. The minimum Gasteiger partial charge on any atom is -0.467 e. The van der Waals surface area contributed by atoms with E-state index in [9.17, 15) is 24.5 Å². The molecule has 1 aliphatic rings. The lowest BCUT2D eigenvalue weighted by Crippen LogP contribution is -2.57. The highest BCUT2D eigenvalue weighted by Gasteiger charge is 2.53. The highest BCUT2D eigenvalue weighted by Crippen LogP contribution is 2.51. The Labute approximate surface area is 157 Å². The summed E-state index contributed by atoms with van der Waals surface area (Å²) in [6.45, 7) is 5.26. The maximum atomic E-state index is 12.7. The molecule has 1 N–H and O–H groups in total. The van der Waals surface area contributed by atoms with Crippen molar-refractivity contribution in [2.75, 3.05) is 7.11 Å². The number of nitrogens with one attached hydrogen (secondary N) is 1. The average molecular weight is 376 g/mol. The van der Waals surface area contributed by atoms with Gasteiger partial charge in [-0.2, -0.15) is 0 Å². The van der Waals surface area contributed by atoms with E-state index in [4.69, 9.17) is 4.74 Å². The second kappa shape index (κ2) is 7.85. The molecule has 27 heavy (non-hydrogen) atoms. The summed E-state index contributed by atoms with van der Waals surface area (Å²) in [7, 11) is 1.23. The van der Waals surface area contributed by atoms with E-state index in [-0.39, 0.29) is 35.6 Å². The largest absolute Gasteiger partial charge is 0.467 e. The lowest BCUT2D eigenvalue weighted by molar-refractivity contribution is -0.384.